The molecule has 0 aliphatic carbocycles. The molecule has 2 heterocycles. The predicted molar refractivity (Wildman–Crippen MR) is 92.2 cm³/mol. The summed E-state index contributed by atoms with van der Waals surface area (Å²) in [6.07, 6.45) is 1.49. The highest BCUT2D eigenvalue weighted by atomic mass is 16.6. The average molecular weight is 347 g/mol. The van der Waals surface area contributed by atoms with E-state index in [-0.39, 0.29) is 23.7 Å². The second kappa shape index (κ2) is 7.87. The van der Waals surface area contributed by atoms with Gasteiger partial charge in [-0.25, -0.2) is 0 Å². The van der Waals surface area contributed by atoms with Gasteiger partial charge >= 0.3 is 5.97 Å². The van der Waals surface area contributed by atoms with Crippen LogP contribution >= 0.6 is 0 Å². The summed E-state index contributed by atoms with van der Waals surface area (Å²) in [4.78, 5) is 26.7. The molecule has 1 saturated heterocycles. The molecule has 0 radical (unpaired) electrons. The molecule has 0 amide bonds. The van der Waals surface area contributed by atoms with Crippen LogP contribution in [0.3, 0.4) is 0 Å². The lowest BCUT2D eigenvalue weighted by atomic mass is 9.88. The summed E-state index contributed by atoms with van der Waals surface area (Å²) in [5.41, 5.74) is 0.668. The van der Waals surface area contributed by atoms with Crippen LogP contribution in [-0.2, 0) is 9.53 Å². The number of Topliss-reactive ketones (excluding diaryl/α,β-unsaturated/α-hetero) is 1. The molecule has 6 nitrogen and oxygen atoms in total. The Labute approximate surface area is 148 Å². The Morgan fingerprint density at radius 2 is 1.88 bits per heavy atom. The van der Waals surface area contributed by atoms with Crippen molar-refractivity contribution in [2.45, 2.75) is 32.7 Å². The normalized spacial score (nSPS) is 19.3. The van der Waals surface area contributed by atoms with Crippen molar-refractivity contribution in [3.63, 3.8) is 0 Å². The molecular weight excluding hydrogens is 322 g/mol. The third-order valence-electron chi connectivity index (χ3n) is 4.90. The fraction of sp³-hybridized carbons (Fsp3) is 0.579. The lowest BCUT2D eigenvalue weighted by Gasteiger charge is -2.34. The van der Waals surface area contributed by atoms with Gasteiger partial charge in [-0.1, -0.05) is 0 Å². The van der Waals surface area contributed by atoms with Crippen molar-refractivity contribution in [3.05, 3.63) is 23.8 Å². The van der Waals surface area contributed by atoms with Gasteiger partial charge in [-0.05, 0) is 58.0 Å². The number of fused-ring (bicyclic) bond motifs is 1. The van der Waals surface area contributed by atoms with E-state index >= 15 is 0 Å². The van der Waals surface area contributed by atoms with Crippen molar-refractivity contribution < 1.29 is 23.8 Å². The topological polar surface area (TPSA) is 65.1 Å². The Morgan fingerprint density at radius 3 is 2.56 bits per heavy atom. The second-order valence-corrected chi connectivity index (χ2v) is 6.46. The van der Waals surface area contributed by atoms with E-state index in [4.69, 9.17) is 14.2 Å². The highest BCUT2D eigenvalue weighted by Gasteiger charge is 2.31. The van der Waals surface area contributed by atoms with Crippen molar-refractivity contribution in [1.82, 2.24) is 4.90 Å². The first kappa shape index (κ1) is 17.7. The first-order chi connectivity index (χ1) is 12.1. The minimum atomic E-state index is -0.259. The van der Waals surface area contributed by atoms with Crippen molar-refractivity contribution in [2.24, 2.45) is 5.92 Å². The Bertz CT molecular complexity index is 637. The summed E-state index contributed by atoms with van der Waals surface area (Å²) < 4.78 is 16.1. The third kappa shape index (κ3) is 3.95. The zero-order valence-electron chi connectivity index (χ0n) is 14.8. The molecule has 6 heteroatoms. The molecule has 0 N–H and O–H groups in total. The van der Waals surface area contributed by atoms with Gasteiger partial charge in [0, 0.05) is 11.5 Å². The molecule has 0 aromatic heterocycles. The lowest BCUT2D eigenvalue weighted by molar-refractivity contribution is -0.149. The molecule has 1 atom stereocenters. The standard InChI is InChI=1S/C19H25NO5/c1-3-23-19(22)13(2)20-8-6-14(7-9-20)18(21)15-4-5-16-17(12-15)25-11-10-24-16/h4-5,12-14H,3,6-11H2,1-2H3. The summed E-state index contributed by atoms with van der Waals surface area (Å²) in [6, 6.07) is 5.14. The molecule has 2 aliphatic heterocycles. The minimum absolute atomic E-state index is 0.0202. The van der Waals surface area contributed by atoms with Gasteiger partial charge in [-0.15, -0.1) is 0 Å². The average Bonchev–Trinajstić information content (AvgIpc) is 2.66. The number of carbonyl (C=O) groups excluding carboxylic acids is 2. The molecule has 0 saturated carbocycles. The van der Waals surface area contributed by atoms with Crippen LogP contribution < -0.4 is 9.47 Å². The fourth-order valence-corrected chi connectivity index (χ4v) is 3.39. The summed E-state index contributed by atoms with van der Waals surface area (Å²) in [5, 5.41) is 0. The van der Waals surface area contributed by atoms with Gasteiger partial charge in [0.15, 0.2) is 17.3 Å². The van der Waals surface area contributed by atoms with E-state index in [1.54, 1.807) is 12.1 Å². The van der Waals surface area contributed by atoms with Crippen LogP contribution in [-0.4, -0.2) is 55.6 Å². The van der Waals surface area contributed by atoms with Crippen LogP contribution in [0.5, 0.6) is 11.5 Å². The maximum absolute atomic E-state index is 12.8. The van der Waals surface area contributed by atoms with Crippen molar-refractivity contribution in [2.75, 3.05) is 32.9 Å². The molecule has 0 bridgehead atoms. The monoisotopic (exact) mass is 347 g/mol. The van der Waals surface area contributed by atoms with E-state index in [1.165, 1.54) is 0 Å². The van der Waals surface area contributed by atoms with Crippen molar-refractivity contribution in [1.29, 1.82) is 0 Å². The molecule has 2 aliphatic rings. The summed E-state index contributed by atoms with van der Waals surface area (Å²) >= 11 is 0. The van der Waals surface area contributed by atoms with Crippen LogP contribution in [0.1, 0.15) is 37.0 Å². The van der Waals surface area contributed by atoms with Crippen LogP contribution in [0.15, 0.2) is 18.2 Å². The van der Waals surface area contributed by atoms with Gasteiger partial charge in [0.1, 0.15) is 19.3 Å². The molecule has 1 aromatic rings. The molecular formula is C19H25NO5. The van der Waals surface area contributed by atoms with Gasteiger partial charge in [-0.3, -0.25) is 14.5 Å². The number of piperidine rings is 1. The zero-order chi connectivity index (χ0) is 17.8. The third-order valence-corrected chi connectivity index (χ3v) is 4.90. The highest BCUT2D eigenvalue weighted by Crippen LogP contribution is 2.32. The quantitative estimate of drug-likeness (QED) is 0.602. The number of ether oxygens (including phenoxy) is 3. The molecule has 25 heavy (non-hydrogen) atoms. The Morgan fingerprint density at radius 1 is 1.20 bits per heavy atom. The molecule has 0 spiro atoms. The van der Waals surface area contributed by atoms with Gasteiger partial charge in [0.25, 0.3) is 0 Å². The van der Waals surface area contributed by atoms with Crippen LogP contribution in [0.2, 0.25) is 0 Å². The maximum atomic E-state index is 12.8. The number of likely N-dealkylation sites (tertiary alicyclic amines) is 1. The van der Waals surface area contributed by atoms with Crippen molar-refractivity contribution in [3.8, 4) is 11.5 Å². The van der Waals surface area contributed by atoms with E-state index < -0.39 is 0 Å². The van der Waals surface area contributed by atoms with E-state index in [1.807, 2.05) is 19.9 Å². The number of rotatable bonds is 5. The molecule has 1 unspecified atom stereocenters. The number of hydrogen-bond acceptors (Lipinski definition) is 6. The maximum Gasteiger partial charge on any atom is 0.323 e. The lowest BCUT2D eigenvalue weighted by Crippen LogP contribution is -2.45. The highest BCUT2D eigenvalue weighted by molar-refractivity contribution is 5.98. The number of esters is 1. The first-order valence-electron chi connectivity index (χ1n) is 8.94. The Balaban J connectivity index is 1.59. The van der Waals surface area contributed by atoms with E-state index in [0.29, 0.717) is 36.9 Å². The largest absolute Gasteiger partial charge is 0.486 e. The first-order valence-corrected chi connectivity index (χ1v) is 8.94. The predicted octanol–water partition coefficient (Wildman–Crippen LogP) is 2.30. The Kier molecular flexibility index (Phi) is 5.58. The van der Waals surface area contributed by atoms with Gasteiger partial charge in [0.2, 0.25) is 0 Å². The van der Waals surface area contributed by atoms with Crippen LogP contribution in [0.4, 0.5) is 0 Å². The molecule has 136 valence electrons. The number of hydrogen-bond donors (Lipinski definition) is 0. The van der Waals surface area contributed by atoms with E-state index in [0.717, 1.165) is 25.9 Å². The van der Waals surface area contributed by atoms with Gasteiger partial charge in [-0.2, -0.15) is 0 Å². The van der Waals surface area contributed by atoms with Crippen LogP contribution in [0.25, 0.3) is 0 Å². The minimum Gasteiger partial charge on any atom is -0.486 e. The second-order valence-electron chi connectivity index (χ2n) is 6.46. The van der Waals surface area contributed by atoms with Crippen molar-refractivity contribution >= 4 is 11.8 Å². The smallest absolute Gasteiger partial charge is 0.323 e. The molecule has 1 aromatic carbocycles. The number of ketones is 1. The van der Waals surface area contributed by atoms with E-state index in [9.17, 15) is 9.59 Å². The molecule has 1 fully saturated rings. The zero-order valence-corrected chi connectivity index (χ0v) is 14.8. The summed E-state index contributed by atoms with van der Waals surface area (Å²) in [6.45, 7) is 6.56. The fourth-order valence-electron chi connectivity index (χ4n) is 3.39. The van der Waals surface area contributed by atoms with Gasteiger partial charge in [0.05, 0.1) is 6.61 Å². The van der Waals surface area contributed by atoms with Gasteiger partial charge < -0.3 is 14.2 Å². The summed E-state index contributed by atoms with van der Waals surface area (Å²) in [7, 11) is 0. The number of nitrogens with zero attached hydrogens (tertiary/aromatic N) is 1. The summed E-state index contributed by atoms with van der Waals surface area (Å²) in [5.74, 6) is 1.26. The van der Waals surface area contributed by atoms with Crippen LogP contribution in [0, 0.1) is 5.92 Å². The molecule has 3 rings (SSSR count). The van der Waals surface area contributed by atoms with E-state index in [2.05, 4.69) is 4.90 Å². The number of benzene rings is 1. The SMILES string of the molecule is CCOC(=O)C(C)N1CCC(C(=O)c2ccc3c(c2)OCCO3)CC1. The number of carbonyl (C=O) groups is 2. The Hall–Kier alpha value is -2.08.